The van der Waals surface area contributed by atoms with Crippen LogP contribution in [0.5, 0.6) is 0 Å². The molecule has 1 heterocycles. The smallest absolute Gasteiger partial charge is 0.0843 e. The van der Waals surface area contributed by atoms with Gasteiger partial charge in [-0.15, -0.1) is 0 Å². The van der Waals surface area contributed by atoms with Gasteiger partial charge in [0.2, 0.25) is 0 Å². The predicted molar refractivity (Wildman–Crippen MR) is 86.5 cm³/mol. The molecule has 2 nitrogen and oxygen atoms in total. The molecule has 2 rings (SSSR count). The number of aromatic nitrogens is 1. The van der Waals surface area contributed by atoms with Gasteiger partial charge in [-0.25, -0.2) is 0 Å². The second kappa shape index (κ2) is 5.51. The first-order chi connectivity index (χ1) is 9.49. The maximum atomic E-state index is 10.4. The molecule has 0 saturated heterocycles. The highest BCUT2D eigenvalue weighted by Gasteiger charge is 2.24. The predicted octanol–water partition coefficient (Wildman–Crippen LogP) is 4.45. The van der Waals surface area contributed by atoms with Crippen molar-refractivity contribution in [3.05, 3.63) is 66.4 Å². The number of nitrogens with one attached hydrogen (secondary N) is 1. The molecule has 0 bridgehead atoms. The van der Waals surface area contributed by atoms with Crippen molar-refractivity contribution in [3.8, 4) is 0 Å². The number of allylic oxidation sites excluding steroid dienone is 3. The fraction of sp³-hybridized carbons (Fsp3) is 0.222. The van der Waals surface area contributed by atoms with Crippen LogP contribution in [0.4, 0.5) is 0 Å². The molecule has 0 aliphatic rings. The molecule has 0 radical (unpaired) electrons. The van der Waals surface area contributed by atoms with Crippen molar-refractivity contribution in [2.75, 3.05) is 0 Å². The fourth-order valence-corrected chi connectivity index (χ4v) is 2.58. The topological polar surface area (TPSA) is 36.0 Å². The summed E-state index contributed by atoms with van der Waals surface area (Å²) in [6, 6.07) is 8.15. The summed E-state index contributed by atoms with van der Waals surface area (Å²) in [6.45, 7) is 9.34. The van der Waals surface area contributed by atoms with Gasteiger partial charge in [-0.3, -0.25) is 0 Å². The van der Waals surface area contributed by atoms with Crippen LogP contribution < -0.4 is 0 Å². The Bertz CT molecular complexity index is 681. The number of rotatable bonds is 4. The highest BCUT2D eigenvalue weighted by atomic mass is 16.3. The van der Waals surface area contributed by atoms with Crippen molar-refractivity contribution in [2.45, 2.75) is 26.4 Å². The van der Waals surface area contributed by atoms with E-state index in [2.05, 4.69) is 17.6 Å². The van der Waals surface area contributed by atoms with Gasteiger partial charge < -0.3 is 10.1 Å². The molecule has 104 valence electrons. The van der Waals surface area contributed by atoms with Gasteiger partial charge in [0.05, 0.1) is 5.60 Å². The SMILES string of the molecule is C=C/C=C(\C(=C/C)C(C)(C)O)c1c[nH]c2ccccc12. The summed E-state index contributed by atoms with van der Waals surface area (Å²) in [6.07, 6.45) is 7.64. The molecule has 2 heteroatoms. The Balaban J connectivity index is 2.67. The lowest BCUT2D eigenvalue weighted by Gasteiger charge is -2.24. The van der Waals surface area contributed by atoms with E-state index in [1.165, 1.54) is 0 Å². The van der Waals surface area contributed by atoms with Crippen LogP contribution in [0.25, 0.3) is 16.5 Å². The van der Waals surface area contributed by atoms with Crippen LogP contribution in [0.2, 0.25) is 0 Å². The molecule has 0 aliphatic carbocycles. The van der Waals surface area contributed by atoms with E-state index in [0.717, 1.165) is 27.6 Å². The minimum absolute atomic E-state index is 0.891. The molecule has 0 fully saturated rings. The first kappa shape index (κ1) is 14.4. The number of H-pyrrole nitrogens is 1. The lowest BCUT2D eigenvalue weighted by molar-refractivity contribution is 0.125. The molecule has 0 amide bonds. The summed E-state index contributed by atoms with van der Waals surface area (Å²) in [5.74, 6) is 0. The first-order valence-corrected chi connectivity index (χ1v) is 6.77. The van der Waals surface area contributed by atoms with Crippen molar-refractivity contribution in [3.63, 3.8) is 0 Å². The van der Waals surface area contributed by atoms with Crippen molar-refractivity contribution >= 4 is 16.5 Å². The average Bonchev–Trinajstić information content (AvgIpc) is 2.80. The van der Waals surface area contributed by atoms with Crippen molar-refractivity contribution in [1.82, 2.24) is 4.98 Å². The highest BCUT2D eigenvalue weighted by molar-refractivity contribution is 5.97. The number of hydrogen-bond donors (Lipinski definition) is 2. The third-order valence-electron chi connectivity index (χ3n) is 3.40. The van der Waals surface area contributed by atoms with Crippen LogP contribution >= 0.6 is 0 Å². The Morgan fingerprint density at radius 3 is 2.60 bits per heavy atom. The molecular formula is C18H21NO. The fourth-order valence-electron chi connectivity index (χ4n) is 2.58. The maximum absolute atomic E-state index is 10.4. The van der Waals surface area contributed by atoms with Crippen LogP contribution in [0.3, 0.4) is 0 Å². The van der Waals surface area contributed by atoms with Crippen molar-refractivity contribution in [2.24, 2.45) is 0 Å². The largest absolute Gasteiger partial charge is 0.386 e. The van der Waals surface area contributed by atoms with Crippen LogP contribution in [-0.2, 0) is 0 Å². The molecule has 0 atom stereocenters. The van der Waals surface area contributed by atoms with Crippen molar-refractivity contribution in [1.29, 1.82) is 0 Å². The molecule has 0 unspecified atom stereocenters. The third-order valence-corrected chi connectivity index (χ3v) is 3.40. The third kappa shape index (κ3) is 2.61. The number of hydrogen-bond acceptors (Lipinski definition) is 1. The number of fused-ring (bicyclic) bond motifs is 1. The number of aromatic amines is 1. The van der Waals surface area contributed by atoms with Gasteiger partial charge in [0.25, 0.3) is 0 Å². The summed E-state index contributed by atoms with van der Waals surface area (Å²) in [4.78, 5) is 3.27. The zero-order valence-electron chi connectivity index (χ0n) is 12.3. The first-order valence-electron chi connectivity index (χ1n) is 6.77. The van der Waals surface area contributed by atoms with Gasteiger partial charge in [-0.2, -0.15) is 0 Å². The summed E-state index contributed by atoms with van der Waals surface area (Å²) >= 11 is 0. The van der Waals surface area contributed by atoms with Gasteiger partial charge in [-0.1, -0.05) is 43.0 Å². The molecule has 2 aromatic rings. The van der Waals surface area contributed by atoms with Gasteiger partial charge in [0.15, 0.2) is 0 Å². The Morgan fingerprint density at radius 1 is 1.30 bits per heavy atom. The van der Waals surface area contributed by atoms with Gasteiger partial charge in [0, 0.05) is 22.7 Å². The zero-order chi connectivity index (χ0) is 14.8. The van der Waals surface area contributed by atoms with E-state index in [0.29, 0.717) is 0 Å². The molecule has 20 heavy (non-hydrogen) atoms. The summed E-state index contributed by atoms with van der Waals surface area (Å²) in [7, 11) is 0. The lowest BCUT2D eigenvalue weighted by atomic mass is 9.86. The summed E-state index contributed by atoms with van der Waals surface area (Å²) in [5.41, 5.74) is 3.15. The molecule has 0 spiro atoms. The second-order valence-corrected chi connectivity index (χ2v) is 5.33. The van der Waals surface area contributed by atoms with Crippen LogP contribution in [-0.4, -0.2) is 15.7 Å². The second-order valence-electron chi connectivity index (χ2n) is 5.33. The van der Waals surface area contributed by atoms with E-state index in [1.54, 1.807) is 19.9 Å². The number of aliphatic hydroxyl groups is 1. The average molecular weight is 267 g/mol. The quantitative estimate of drug-likeness (QED) is 0.789. The van der Waals surface area contributed by atoms with Gasteiger partial charge in [-0.05, 0) is 38.0 Å². The molecule has 1 aromatic heterocycles. The monoisotopic (exact) mass is 267 g/mol. The van der Waals surface area contributed by atoms with E-state index in [9.17, 15) is 5.11 Å². The van der Waals surface area contributed by atoms with Gasteiger partial charge >= 0.3 is 0 Å². The standard InChI is InChI=1S/C18H21NO/c1-5-9-13(16(6-2)18(3,4)20)15-12-19-17-11-8-7-10-14(15)17/h5-12,19-20H,1H2,2-4H3/b13-9-,16-6+. The summed E-state index contributed by atoms with van der Waals surface area (Å²) in [5, 5.41) is 11.5. The Hall–Kier alpha value is -2.06. The molecule has 1 aromatic carbocycles. The van der Waals surface area contributed by atoms with Crippen molar-refractivity contribution < 1.29 is 5.11 Å². The highest BCUT2D eigenvalue weighted by Crippen LogP contribution is 2.35. The molecule has 0 aliphatic heterocycles. The van der Waals surface area contributed by atoms with Crippen LogP contribution in [0, 0.1) is 0 Å². The maximum Gasteiger partial charge on any atom is 0.0843 e. The molecule has 2 N–H and O–H groups in total. The molecular weight excluding hydrogens is 246 g/mol. The zero-order valence-corrected chi connectivity index (χ0v) is 12.3. The van der Waals surface area contributed by atoms with E-state index in [-0.39, 0.29) is 0 Å². The van der Waals surface area contributed by atoms with E-state index >= 15 is 0 Å². The normalized spacial score (nSPS) is 13.8. The van der Waals surface area contributed by atoms with E-state index in [1.807, 2.05) is 43.5 Å². The van der Waals surface area contributed by atoms with Gasteiger partial charge in [0.1, 0.15) is 0 Å². The summed E-state index contributed by atoms with van der Waals surface area (Å²) < 4.78 is 0. The number of benzene rings is 1. The minimum Gasteiger partial charge on any atom is -0.386 e. The van der Waals surface area contributed by atoms with Crippen LogP contribution in [0.15, 0.2) is 60.8 Å². The van der Waals surface area contributed by atoms with E-state index in [4.69, 9.17) is 0 Å². The Morgan fingerprint density at radius 2 is 2.00 bits per heavy atom. The Kier molecular flexibility index (Phi) is 3.96. The van der Waals surface area contributed by atoms with Crippen LogP contribution in [0.1, 0.15) is 26.3 Å². The van der Waals surface area contributed by atoms with E-state index < -0.39 is 5.60 Å². The lowest BCUT2D eigenvalue weighted by Crippen LogP contribution is -2.22. The minimum atomic E-state index is -0.901. The molecule has 0 saturated carbocycles. The Labute approximate surface area is 120 Å². The number of para-hydroxylation sites is 1.